The van der Waals surface area contributed by atoms with E-state index in [4.69, 9.17) is 4.74 Å². The summed E-state index contributed by atoms with van der Waals surface area (Å²) in [7, 11) is 0. The lowest BCUT2D eigenvalue weighted by molar-refractivity contribution is -0.0705. The zero-order valence-electron chi connectivity index (χ0n) is 19.4. The zero-order chi connectivity index (χ0) is 23.8. The molecule has 1 aromatic carbocycles. The summed E-state index contributed by atoms with van der Waals surface area (Å²) in [4.78, 5) is 46.5. The summed E-state index contributed by atoms with van der Waals surface area (Å²) in [6.07, 6.45) is 3.57. The molecule has 1 aliphatic carbocycles. The van der Waals surface area contributed by atoms with Gasteiger partial charge in [-0.05, 0) is 43.9 Å². The van der Waals surface area contributed by atoms with Gasteiger partial charge in [-0.3, -0.25) is 24.0 Å². The molecule has 9 nitrogen and oxygen atoms in total. The molecule has 1 saturated carbocycles. The number of aromatic amines is 1. The summed E-state index contributed by atoms with van der Waals surface area (Å²) >= 11 is 0. The predicted molar refractivity (Wildman–Crippen MR) is 128 cm³/mol. The van der Waals surface area contributed by atoms with Gasteiger partial charge in [0.05, 0.1) is 23.2 Å². The number of carbonyl (C=O) groups excluding carboxylic acids is 1. The molecule has 1 amide bonds. The van der Waals surface area contributed by atoms with Gasteiger partial charge in [-0.1, -0.05) is 24.3 Å². The van der Waals surface area contributed by atoms with E-state index in [1.165, 1.54) is 16.8 Å². The molecule has 0 bridgehead atoms. The molecule has 0 radical (unpaired) electrons. The van der Waals surface area contributed by atoms with Gasteiger partial charge in [0.1, 0.15) is 5.65 Å². The van der Waals surface area contributed by atoms with Crippen LogP contribution in [0.1, 0.15) is 54.2 Å². The Morgan fingerprint density at radius 1 is 1.15 bits per heavy atom. The van der Waals surface area contributed by atoms with Gasteiger partial charge in [0, 0.05) is 38.4 Å². The van der Waals surface area contributed by atoms with E-state index in [0.717, 1.165) is 43.6 Å². The number of benzene rings is 1. The van der Waals surface area contributed by atoms with Crippen molar-refractivity contribution >= 4 is 16.9 Å². The number of morpholine rings is 1. The molecular weight excluding hydrogens is 434 g/mol. The molecule has 2 aliphatic rings. The van der Waals surface area contributed by atoms with Gasteiger partial charge in [0.15, 0.2) is 0 Å². The van der Waals surface area contributed by atoms with Gasteiger partial charge in [-0.2, -0.15) is 0 Å². The first-order chi connectivity index (χ1) is 16.4. The normalized spacial score (nSPS) is 21.0. The number of nitrogens with zero attached hydrogens (tertiary/aromatic N) is 3. The highest BCUT2D eigenvalue weighted by Gasteiger charge is 2.28. The third-order valence-electron chi connectivity index (χ3n) is 6.40. The Kier molecular flexibility index (Phi) is 6.05. The summed E-state index contributed by atoms with van der Waals surface area (Å²) in [6.45, 7) is 7.06. The maximum Gasteiger partial charge on any atom is 0.330 e. The maximum atomic E-state index is 12.9. The van der Waals surface area contributed by atoms with E-state index >= 15 is 0 Å². The molecule has 34 heavy (non-hydrogen) atoms. The van der Waals surface area contributed by atoms with Gasteiger partial charge < -0.3 is 10.1 Å². The van der Waals surface area contributed by atoms with Crippen LogP contribution in [-0.4, -0.2) is 50.6 Å². The van der Waals surface area contributed by atoms with Gasteiger partial charge in [0.2, 0.25) is 0 Å². The van der Waals surface area contributed by atoms with Crippen molar-refractivity contribution < 1.29 is 9.53 Å². The van der Waals surface area contributed by atoms with Crippen LogP contribution in [0.2, 0.25) is 0 Å². The van der Waals surface area contributed by atoms with Crippen molar-refractivity contribution in [3.63, 3.8) is 0 Å². The van der Waals surface area contributed by atoms with Crippen LogP contribution in [0, 0.1) is 0 Å². The van der Waals surface area contributed by atoms with Crippen molar-refractivity contribution in [3.8, 4) is 0 Å². The number of rotatable bonds is 6. The first-order valence-corrected chi connectivity index (χ1v) is 11.8. The molecular formula is C25H29N5O4. The lowest BCUT2D eigenvalue weighted by Crippen LogP contribution is -2.45. The molecule has 2 fully saturated rings. The van der Waals surface area contributed by atoms with Crippen molar-refractivity contribution in [1.29, 1.82) is 0 Å². The molecule has 2 aromatic heterocycles. The van der Waals surface area contributed by atoms with E-state index in [1.54, 1.807) is 0 Å². The van der Waals surface area contributed by atoms with Gasteiger partial charge in [-0.15, -0.1) is 0 Å². The Bertz CT molecular complexity index is 1330. The minimum absolute atomic E-state index is 0.0629. The van der Waals surface area contributed by atoms with Gasteiger partial charge in [-0.25, -0.2) is 9.78 Å². The highest BCUT2D eigenvalue weighted by atomic mass is 16.5. The molecule has 3 aromatic rings. The van der Waals surface area contributed by atoms with E-state index in [0.29, 0.717) is 12.2 Å². The van der Waals surface area contributed by atoms with Crippen LogP contribution in [0.15, 0.2) is 46.1 Å². The monoisotopic (exact) mass is 463 g/mol. The number of nitrogens with one attached hydrogen (secondary N) is 2. The number of H-pyrrole nitrogens is 1. The lowest BCUT2D eigenvalue weighted by Gasteiger charge is -2.35. The summed E-state index contributed by atoms with van der Waals surface area (Å²) in [6, 6.07) is 9.64. The topological polar surface area (TPSA) is 109 Å². The highest BCUT2D eigenvalue weighted by Crippen LogP contribution is 2.34. The van der Waals surface area contributed by atoms with Crippen LogP contribution in [0.5, 0.6) is 0 Å². The SMILES string of the molecule is CC1CN(Cc2ccccc2CNC(=O)c2cnc3c(c2)c(=O)[nH]c(=O)n3C2CC2)CC(C)O1. The van der Waals surface area contributed by atoms with Crippen LogP contribution in [0.4, 0.5) is 0 Å². The molecule has 2 unspecified atom stereocenters. The smallest absolute Gasteiger partial charge is 0.330 e. The molecule has 3 heterocycles. The summed E-state index contributed by atoms with van der Waals surface area (Å²) in [5.41, 5.74) is 1.82. The third-order valence-corrected chi connectivity index (χ3v) is 6.40. The molecule has 1 saturated heterocycles. The summed E-state index contributed by atoms with van der Waals surface area (Å²) < 4.78 is 7.35. The minimum Gasteiger partial charge on any atom is -0.373 e. The number of carbonyl (C=O) groups is 1. The second-order valence-electron chi connectivity index (χ2n) is 9.36. The average molecular weight is 464 g/mol. The minimum atomic E-state index is -0.529. The number of aromatic nitrogens is 3. The summed E-state index contributed by atoms with van der Waals surface area (Å²) in [5, 5.41) is 3.20. The second-order valence-corrected chi connectivity index (χ2v) is 9.36. The standard InChI is InChI=1S/C25H29N5O4/c1-15-12-29(13-16(2)34-15)14-18-6-4-3-5-17(18)10-27-23(31)19-9-21-22(26-11-19)30(20-7-8-20)25(33)28-24(21)32/h3-6,9,11,15-16,20H,7-8,10,12-14H2,1-2H3,(H,27,31)(H,28,32,33). The molecule has 1 aliphatic heterocycles. The van der Waals surface area contributed by atoms with Crippen molar-refractivity contribution in [1.82, 2.24) is 24.8 Å². The molecule has 2 N–H and O–H groups in total. The van der Waals surface area contributed by atoms with E-state index in [2.05, 4.69) is 40.1 Å². The third kappa shape index (κ3) is 4.67. The van der Waals surface area contributed by atoms with Crippen molar-refractivity contribution in [2.75, 3.05) is 13.1 Å². The van der Waals surface area contributed by atoms with Crippen molar-refractivity contribution in [3.05, 3.63) is 74.1 Å². The molecule has 0 spiro atoms. The zero-order valence-corrected chi connectivity index (χ0v) is 19.4. The fourth-order valence-corrected chi connectivity index (χ4v) is 4.75. The number of amides is 1. The van der Waals surface area contributed by atoms with Crippen LogP contribution < -0.4 is 16.6 Å². The van der Waals surface area contributed by atoms with E-state index in [9.17, 15) is 14.4 Å². The van der Waals surface area contributed by atoms with E-state index in [1.807, 2.05) is 18.2 Å². The van der Waals surface area contributed by atoms with Crippen LogP contribution in [0.3, 0.4) is 0 Å². The van der Waals surface area contributed by atoms with E-state index < -0.39 is 11.2 Å². The first kappa shape index (κ1) is 22.5. The largest absolute Gasteiger partial charge is 0.373 e. The van der Waals surface area contributed by atoms with Crippen molar-refractivity contribution in [2.24, 2.45) is 0 Å². The number of fused-ring (bicyclic) bond motifs is 1. The van der Waals surface area contributed by atoms with Crippen LogP contribution >= 0.6 is 0 Å². The second kappa shape index (κ2) is 9.15. The molecule has 2 atom stereocenters. The molecule has 178 valence electrons. The first-order valence-electron chi connectivity index (χ1n) is 11.8. The number of hydrogen-bond acceptors (Lipinski definition) is 6. The number of pyridine rings is 1. The Balaban J connectivity index is 1.32. The maximum absolute atomic E-state index is 12.9. The number of hydrogen-bond donors (Lipinski definition) is 2. The Labute approximate surface area is 196 Å². The van der Waals surface area contributed by atoms with Gasteiger partial charge in [0.25, 0.3) is 11.5 Å². The van der Waals surface area contributed by atoms with E-state index in [-0.39, 0.29) is 35.1 Å². The summed E-state index contributed by atoms with van der Waals surface area (Å²) in [5.74, 6) is -0.318. The van der Waals surface area contributed by atoms with Crippen molar-refractivity contribution in [2.45, 2.75) is 58.0 Å². The van der Waals surface area contributed by atoms with Gasteiger partial charge >= 0.3 is 5.69 Å². The lowest BCUT2D eigenvalue weighted by atomic mass is 10.1. The molecule has 5 rings (SSSR count). The predicted octanol–water partition coefficient (Wildman–Crippen LogP) is 1.96. The Morgan fingerprint density at radius 3 is 2.56 bits per heavy atom. The quantitative estimate of drug-likeness (QED) is 0.578. The van der Waals surface area contributed by atoms with Crippen LogP contribution in [0.25, 0.3) is 11.0 Å². The molecule has 9 heteroatoms. The van der Waals surface area contributed by atoms with Crippen LogP contribution in [-0.2, 0) is 17.8 Å². The Morgan fingerprint density at radius 2 is 1.85 bits per heavy atom. The fourth-order valence-electron chi connectivity index (χ4n) is 4.75. The highest BCUT2D eigenvalue weighted by molar-refractivity contribution is 5.96. The Hall–Kier alpha value is -3.30. The average Bonchev–Trinajstić information content (AvgIpc) is 3.62. The number of ether oxygens (including phenoxy) is 1. The fraction of sp³-hybridized carbons (Fsp3) is 0.440.